The molecule has 3 rings (SSSR count). The number of aryl methyl sites for hydroxylation is 2. The van der Waals surface area contributed by atoms with Crippen molar-refractivity contribution in [3.8, 4) is 0 Å². The molecule has 0 spiro atoms. The predicted octanol–water partition coefficient (Wildman–Crippen LogP) is 2.88. The zero-order valence-electron chi connectivity index (χ0n) is 11.3. The number of benzene rings is 1. The van der Waals surface area contributed by atoms with Crippen molar-refractivity contribution in [2.75, 3.05) is 6.26 Å². The SMILES string of the molecule is CS(=O)(=O)N[C@@H](c1ccc2c(c1)CCC2)c1cccs1. The number of fused-ring (bicyclic) bond motifs is 1. The van der Waals surface area contributed by atoms with Gasteiger partial charge in [0, 0.05) is 4.88 Å². The van der Waals surface area contributed by atoms with Gasteiger partial charge in [0.25, 0.3) is 0 Å². The number of thiophene rings is 1. The third kappa shape index (κ3) is 2.95. The van der Waals surface area contributed by atoms with Crippen LogP contribution >= 0.6 is 11.3 Å². The van der Waals surface area contributed by atoms with Crippen LogP contribution in [0, 0.1) is 0 Å². The summed E-state index contributed by atoms with van der Waals surface area (Å²) >= 11 is 1.57. The number of sulfonamides is 1. The smallest absolute Gasteiger partial charge is 0.209 e. The molecule has 0 amide bonds. The Morgan fingerprint density at radius 3 is 2.70 bits per heavy atom. The van der Waals surface area contributed by atoms with E-state index in [4.69, 9.17) is 0 Å². The van der Waals surface area contributed by atoms with Gasteiger partial charge in [-0.15, -0.1) is 11.3 Å². The van der Waals surface area contributed by atoms with Crippen LogP contribution in [0.4, 0.5) is 0 Å². The highest BCUT2D eigenvalue weighted by Gasteiger charge is 2.21. The van der Waals surface area contributed by atoms with Gasteiger partial charge in [0.2, 0.25) is 10.0 Å². The van der Waals surface area contributed by atoms with E-state index in [1.54, 1.807) is 11.3 Å². The van der Waals surface area contributed by atoms with E-state index in [0.29, 0.717) is 0 Å². The lowest BCUT2D eigenvalue weighted by molar-refractivity contribution is 0.579. The Morgan fingerprint density at radius 2 is 2.00 bits per heavy atom. The molecule has 0 fully saturated rings. The van der Waals surface area contributed by atoms with Gasteiger partial charge in [-0.25, -0.2) is 13.1 Å². The topological polar surface area (TPSA) is 46.2 Å². The largest absolute Gasteiger partial charge is 0.213 e. The fourth-order valence-corrected chi connectivity index (χ4v) is 4.30. The first-order valence-corrected chi connectivity index (χ1v) is 9.42. The van der Waals surface area contributed by atoms with E-state index in [-0.39, 0.29) is 6.04 Å². The van der Waals surface area contributed by atoms with E-state index >= 15 is 0 Å². The standard InChI is InChI=1S/C15H17NO2S2/c1-20(17,18)16-15(14-6-3-9-19-14)13-8-7-11-4-2-5-12(11)10-13/h3,6-10,15-16H,2,4-5H2,1H3/t15-/m0/s1. The summed E-state index contributed by atoms with van der Waals surface area (Å²) < 4.78 is 26.0. The van der Waals surface area contributed by atoms with Crippen LogP contribution in [-0.2, 0) is 22.9 Å². The molecule has 1 heterocycles. The molecule has 1 aromatic heterocycles. The molecular formula is C15H17NO2S2. The van der Waals surface area contributed by atoms with Crippen LogP contribution in [0.25, 0.3) is 0 Å². The third-order valence-corrected chi connectivity index (χ3v) is 5.22. The van der Waals surface area contributed by atoms with Crippen molar-refractivity contribution in [2.24, 2.45) is 0 Å². The van der Waals surface area contributed by atoms with Gasteiger partial charge in [0.1, 0.15) is 0 Å². The molecule has 0 unspecified atom stereocenters. The van der Waals surface area contributed by atoms with Crippen LogP contribution in [0.15, 0.2) is 35.7 Å². The van der Waals surface area contributed by atoms with Crippen molar-refractivity contribution in [3.05, 3.63) is 57.3 Å². The van der Waals surface area contributed by atoms with Gasteiger partial charge < -0.3 is 0 Å². The molecule has 0 saturated carbocycles. The fraction of sp³-hybridized carbons (Fsp3) is 0.333. The second-order valence-corrected chi connectivity index (χ2v) is 7.98. The highest BCUT2D eigenvalue weighted by atomic mass is 32.2. The Morgan fingerprint density at radius 1 is 1.20 bits per heavy atom. The van der Waals surface area contributed by atoms with Crippen LogP contribution < -0.4 is 4.72 Å². The lowest BCUT2D eigenvalue weighted by atomic mass is 10.0. The number of hydrogen-bond donors (Lipinski definition) is 1. The predicted molar refractivity (Wildman–Crippen MR) is 82.6 cm³/mol. The number of nitrogens with one attached hydrogen (secondary N) is 1. The second kappa shape index (κ2) is 5.31. The summed E-state index contributed by atoms with van der Waals surface area (Å²) in [6.07, 6.45) is 4.64. The average Bonchev–Trinajstić information content (AvgIpc) is 3.05. The fourth-order valence-electron chi connectivity index (χ4n) is 2.73. The Bertz CT molecular complexity index is 705. The van der Waals surface area contributed by atoms with Crippen molar-refractivity contribution in [1.82, 2.24) is 4.72 Å². The Balaban J connectivity index is 2.01. The second-order valence-electron chi connectivity index (χ2n) is 5.22. The summed E-state index contributed by atoms with van der Waals surface area (Å²) in [7, 11) is -3.25. The van der Waals surface area contributed by atoms with Gasteiger partial charge in [-0.3, -0.25) is 0 Å². The molecule has 5 heteroatoms. The average molecular weight is 307 g/mol. The molecule has 1 aliphatic carbocycles. The van der Waals surface area contributed by atoms with Crippen LogP contribution in [0.3, 0.4) is 0 Å². The van der Waals surface area contributed by atoms with E-state index in [1.165, 1.54) is 23.8 Å². The first kappa shape index (κ1) is 13.8. The maximum Gasteiger partial charge on any atom is 0.209 e. The summed E-state index contributed by atoms with van der Waals surface area (Å²) in [6, 6.07) is 9.99. The molecule has 3 nitrogen and oxygen atoms in total. The Labute approximate surface area is 123 Å². The Hall–Kier alpha value is -1.17. The zero-order chi connectivity index (χ0) is 14.2. The summed E-state index contributed by atoms with van der Waals surface area (Å²) in [6.45, 7) is 0. The van der Waals surface area contributed by atoms with Gasteiger partial charge in [0.15, 0.2) is 0 Å². The van der Waals surface area contributed by atoms with E-state index in [0.717, 1.165) is 23.3 Å². The van der Waals surface area contributed by atoms with Crippen molar-refractivity contribution >= 4 is 21.4 Å². The lowest BCUT2D eigenvalue weighted by Crippen LogP contribution is -2.27. The molecule has 106 valence electrons. The zero-order valence-corrected chi connectivity index (χ0v) is 12.9. The van der Waals surface area contributed by atoms with Gasteiger partial charge in [-0.05, 0) is 47.4 Å². The molecule has 0 radical (unpaired) electrons. The lowest BCUT2D eigenvalue weighted by Gasteiger charge is -2.17. The van der Waals surface area contributed by atoms with Crippen molar-refractivity contribution < 1.29 is 8.42 Å². The molecule has 0 bridgehead atoms. The van der Waals surface area contributed by atoms with E-state index in [1.807, 2.05) is 23.6 Å². The molecule has 0 aliphatic heterocycles. The molecule has 1 aliphatic rings. The molecule has 0 saturated heterocycles. The third-order valence-electron chi connectivity index (χ3n) is 3.62. The van der Waals surface area contributed by atoms with Gasteiger partial charge in [-0.1, -0.05) is 24.3 Å². The van der Waals surface area contributed by atoms with Crippen LogP contribution in [0.2, 0.25) is 0 Å². The van der Waals surface area contributed by atoms with E-state index in [9.17, 15) is 8.42 Å². The van der Waals surface area contributed by atoms with Crippen molar-refractivity contribution in [3.63, 3.8) is 0 Å². The summed E-state index contributed by atoms with van der Waals surface area (Å²) in [5.41, 5.74) is 3.79. The van der Waals surface area contributed by atoms with Crippen LogP contribution in [0.1, 0.15) is 34.0 Å². The molecule has 2 aromatic rings. The van der Waals surface area contributed by atoms with Crippen LogP contribution in [0.5, 0.6) is 0 Å². The maximum atomic E-state index is 11.6. The maximum absolute atomic E-state index is 11.6. The Kier molecular flexibility index (Phi) is 3.67. The van der Waals surface area contributed by atoms with Crippen LogP contribution in [-0.4, -0.2) is 14.7 Å². The van der Waals surface area contributed by atoms with Crippen molar-refractivity contribution in [1.29, 1.82) is 0 Å². The molecule has 1 atom stereocenters. The monoisotopic (exact) mass is 307 g/mol. The molecule has 20 heavy (non-hydrogen) atoms. The first-order valence-electron chi connectivity index (χ1n) is 6.65. The summed E-state index contributed by atoms with van der Waals surface area (Å²) in [5, 5.41) is 1.97. The first-order chi connectivity index (χ1) is 9.53. The minimum atomic E-state index is -3.25. The molecular weight excluding hydrogens is 290 g/mol. The van der Waals surface area contributed by atoms with Gasteiger partial charge in [0.05, 0.1) is 12.3 Å². The minimum absolute atomic E-state index is 0.282. The molecule has 1 N–H and O–H groups in total. The van der Waals surface area contributed by atoms with E-state index < -0.39 is 10.0 Å². The normalized spacial score (nSPS) is 16.1. The summed E-state index contributed by atoms with van der Waals surface area (Å²) in [4.78, 5) is 1.02. The minimum Gasteiger partial charge on any atom is -0.213 e. The van der Waals surface area contributed by atoms with Gasteiger partial charge >= 0.3 is 0 Å². The summed E-state index contributed by atoms with van der Waals surface area (Å²) in [5.74, 6) is 0. The molecule has 1 aromatic carbocycles. The van der Waals surface area contributed by atoms with E-state index in [2.05, 4.69) is 16.9 Å². The quantitative estimate of drug-likeness (QED) is 0.944. The number of rotatable bonds is 4. The highest BCUT2D eigenvalue weighted by Crippen LogP contribution is 2.30. The van der Waals surface area contributed by atoms with Crippen molar-refractivity contribution in [2.45, 2.75) is 25.3 Å². The van der Waals surface area contributed by atoms with Gasteiger partial charge in [-0.2, -0.15) is 0 Å². The highest BCUT2D eigenvalue weighted by molar-refractivity contribution is 7.88. The number of hydrogen-bond acceptors (Lipinski definition) is 3.